The largest absolute Gasteiger partial charge is 0.392 e. The minimum atomic E-state index is -0.630. The van der Waals surface area contributed by atoms with Crippen LogP contribution < -0.4 is 0 Å². The van der Waals surface area contributed by atoms with Crippen LogP contribution in [0.2, 0.25) is 0 Å². The van der Waals surface area contributed by atoms with Gasteiger partial charge in [0, 0.05) is 15.5 Å². The fraction of sp³-hybridized carbons (Fsp3) is 0.316. The number of aliphatic hydroxyl groups excluding tert-OH is 1. The van der Waals surface area contributed by atoms with Gasteiger partial charge in [-0.3, -0.25) is 4.79 Å². The van der Waals surface area contributed by atoms with E-state index in [1.165, 1.54) is 11.8 Å². The molecule has 0 aliphatic rings. The summed E-state index contributed by atoms with van der Waals surface area (Å²) in [5, 5.41) is 10.5. The van der Waals surface area contributed by atoms with Gasteiger partial charge in [0.25, 0.3) is 0 Å². The summed E-state index contributed by atoms with van der Waals surface area (Å²) in [6.45, 7) is 3.90. The van der Waals surface area contributed by atoms with Gasteiger partial charge in [0.05, 0.1) is 12.0 Å². The average molecular weight is 347 g/mol. The van der Waals surface area contributed by atoms with Gasteiger partial charge in [-0.05, 0) is 30.2 Å². The number of benzene rings is 2. The first-order chi connectivity index (χ1) is 11.1. The van der Waals surface area contributed by atoms with Crippen LogP contribution in [-0.4, -0.2) is 22.1 Å². The van der Waals surface area contributed by atoms with Crippen LogP contribution in [0.25, 0.3) is 0 Å². The molecule has 2 aromatic carbocycles. The van der Waals surface area contributed by atoms with Gasteiger partial charge in [0.1, 0.15) is 0 Å². The third-order valence-electron chi connectivity index (χ3n) is 3.53. The van der Waals surface area contributed by atoms with Gasteiger partial charge in [0.2, 0.25) is 0 Å². The number of thioether (sulfide) groups is 2. The maximum atomic E-state index is 12.7. The van der Waals surface area contributed by atoms with Crippen LogP contribution in [-0.2, 0) is 4.79 Å². The van der Waals surface area contributed by atoms with Gasteiger partial charge >= 0.3 is 0 Å². The summed E-state index contributed by atoms with van der Waals surface area (Å²) >= 11 is 2.84. The van der Waals surface area contributed by atoms with E-state index >= 15 is 0 Å². The Kier molecular flexibility index (Phi) is 7.21. The molecule has 0 amide bonds. The summed E-state index contributed by atoms with van der Waals surface area (Å²) in [5.74, 6) is 0.254. The molecule has 0 unspecified atom stereocenters. The van der Waals surface area contributed by atoms with Crippen LogP contribution in [0.4, 0.5) is 0 Å². The first-order valence-electron chi connectivity index (χ1n) is 7.70. The lowest BCUT2D eigenvalue weighted by Gasteiger charge is -2.24. The Balaban J connectivity index is 2.05. The van der Waals surface area contributed by atoms with E-state index in [9.17, 15) is 9.90 Å². The van der Waals surface area contributed by atoms with E-state index in [-0.39, 0.29) is 17.0 Å². The van der Waals surface area contributed by atoms with Crippen molar-refractivity contribution >= 4 is 28.6 Å². The fourth-order valence-corrected chi connectivity index (χ4v) is 4.23. The molecular weight excluding hydrogens is 324 g/mol. The molecule has 122 valence electrons. The van der Waals surface area contributed by atoms with Crippen LogP contribution in [0.1, 0.15) is 13.8 Å². The van der Waals surface area contributed by atoms with Crippen LogP contribution in [0.3, 0.4) is 0 Å². The van der Waals surface area contributed by atoms with Gasteiger partial charge < -0.3 is 5.11 Å². The molecule has 0 aliphatic heterocycles. The van der Waals surface area contributed by atoms with Crippen molar-refractivity contribution in [2.24, 2.45) is 11.8 Å². The van der Waals surface area contributed by atoms with E-state index in [1.807, 2.05) is 74.5 Å². The number of hydrogen-bond donors (Lipinski definition) is 1. The van der Waals surface area contributed by atoms with Crippen molar-refractivity contribution in [3.05, 3.63) is 60.7 Å². The Morgan fingerprint density at radius 1 is 0.957 bits per heavy atom. The van der Waals surface area contributed by atoms with Gasteiger partial charge in [-0.15, -0.1) is 11.8 Å². The molecule has 0 aromatic heterocycles. The van der Waals surface area contributed by atoms with Crippen molar-refractivity contribution in [1.29, 1.82) is 0 Å². The van der Waals surface area contributed by atoms with Crippen LogP contribution in [0, 0.1) is 11.8 Å². The highest BCUT2D eigenvalue weighted by Crippen LogP contribution is 2.30. The zero-order valence-electron chi connectivity index (χ0n) is 13.4. The average Bonchev–Trinajstić information content (AvgIpc) is 2.56. The molecule has 1 N–H and O–H groups in total. The number of rotatable bonds is 7. The lowest BCUT2D eigenvalue weighted by Crippen LogP contribution is -2.32. The number of hydrogen-bond acceptors (Lipinski definition) is 4. The highest BCUT2D eigenvalue weighted by atomic mass is 32.2. The molecule has 0 saturated carbocycles. The summed E-state index contributed by atoms with van der Waals surface area (Å²) in [6, 6.07) is 19.6. The molecule has 23 heavy (non-hydrogen) atoms. The number of aliphatic hydroxyl groups is 1. The van der Waals surface area contributed by atoms with Crippen molar-refractivity contribution in [1.82, 2.24) is 0 Å². The summed E-state index contributed by atoms with van der Waals surface area (Å²) in [6.07, 6.45) is -0.630. The molecule has 2 aromatic rings. The van der Waals surface area contributed by atoms with Crippen molar-refractivity contribution in [3.63, 3.8) is 0 Å². The van der Waals surface area contributed by atoms with E-state index in [0.29, 0.717) is 5.75 Å². The molecule has 0 aliphatic carbocycles. The van der Waals surface area contributed by atoms with Crippen LogP contribution >= 0.6 is 23.5 Å². The summed E-state index contributed by atoms with van der Waals surface area (Å²) in [5.41, 5.74) is 0. The molecule has 0 spiro atoms. The maximum absolute atomic E-state index is 12.7. The molecule has 0 heterocycles. The Bertz CT molecular complexity index is 599. The lowest BCUT2D eigenvalue weighted by molar-refractivity contribution is -0.117. The molecule has 2 rings (SSSR count). The molecule has 2 atom stereocenters. The smallest absolute Gasteiger partial charge is 0.200 e. The van der Waals surface area contributed by atoms with E-state index in [4.69, 9.17) is 0 Å². The second-order valence-corrected chi connectivity index (χ2v) is 7.87. The van der Waals surface area contributed by atoms with E-state index in [0.717, 1.165) is 9.79 Å². The molecule has 2 nitrogen and oxygen atoms in total. The maximum Gasteiger partial charge on any atom is 0.200 e. The minimum Gasteiger partial charge on any atom is -0.392 e. The Morgan fingerprint density at radius 2 is 1.48 bits per heavy atom. The zero-order valence-corrected chi connectivity index (χ0v) is 15.0. The zero-order chi connectivity index (χ0) is 16.7. The predicted molar refractivity (Wildman–Crippen MR) is 98.8 cm³/mol. The van der Waals surface area contributed by atoms with E-state index in [2.05, 4.69) is 0 Å². The van der Waals surface area contributed by atoms with Gasteiger partial charge in [-0.1, -0.05) is 62.0 Å². The lowest BCUT2D eigenvalue weighted by atomic mass is 9.96. The number of carbonyl (C=O) groups excluding carboxylic acids is 1. The van der Waals surface area contributed by atoms with Gasteiger partial charge in [0.15, 0.2) is 5.12 Å². The van der Waals surface area contributed by atoms with Crippen molar-refractivity contribution < 1.29 is 9.90 Å². The Morgan fingerprint density at radius 3 is 2.00 bits per heavy atom. The second-order valence-electron chi connectivity index (χ2n) is 5.70. The quantitative estimate of drug-likeness (QED) is 0.735. The van der Waals surface area contributed by atoms with Crippen LogP contribution in [0.15, 0.2) is 70.5 Å². The van der Waals surface area contributed by atoms with Crippen LogP contribution in [0.5, 0.6) is 0 Å². The standard InChI is InChI=1S/C19H22O2S2/c1-14(2)18(20)17(13-22-15-9-5-3-6-10-15)19(21)23-16-11-7-4-8-12-16/h3-12,14,17-18,20H,13H2,1-2H3/t17-,18+/m0/s1. The molecule has 0 fully saturated rings. The summed E-state index contributed by atoms with van der Waals surface area (Å²) in [4.78, 5) is 14.7. The molecule has 0 radical (unpaired) electrons. The Labute approximate surface area is 146 Å². The SMILES string of the molecule is CC(C)[C@@H](O)[C@H](CSc1ccccc1)C(=O)Sc1ccccc1. The summed E-state index contributed by atoms with van der Waals surface area (Å²) in [7, 11) is 0. The predicted octanol–water partition coefficient (Wildman–Crippen LogP) is 4.73. The molecule has 0 bridgehead atoms. The summed E-state index contributed by atoms with van der Waals surface area (Å²) < 4.78 is 0. The van der Waals surface area contributed by atoms with E-state index in [1.54, 1.807) is 11.8 Å². The minimum absolute atomic E-state index is 0.0285. The normalized spacial score (nSPS) is 13.7. The topological polar surface area (TPSA) is 37.3 Å². The van der Waals surface area contributed by atoms with Gasteiger partial charge in [-0.25, -0.2) is 0 Å². The first kappa shape index (κ1) is 18.1. The third-order valence-corrected chi connectivity index (χ3v) is 5.68. The van der Waals surface area contributed by atoms with Gasteiger partial charge in [-0.2, -0.15) is 0 Å². The second kappa shape index (κ2) is 9.16. The monoisotopic (exact) mass is 346 g/mol. The highest BCUT2D eigenvalue weighted by molar-refractivity contribution is 8.13. The van der Waals surface area contributed by atoms with E-state index < -0.39 is 6.10 Å². The molecular formula is C19H22O2S2. The van der Waals surface area contributed by atoms with Crippen molar-refractivity contribution in [3.8, 4) is 0 Å². The molecule has 4 heteroatoms. The fourth-order valence-electron chi connectivity index (χ4n) is 2.15. The van der Waals surface area contributed by atoms with Crippen molar-refractivity contribution in [2.45, 2.75) is 29.7 Å². The Hall–Kier alpha value is -1.23. The van der Waals surface area contributed by atoms with Crippen molar-refractivity contribution in [2.75, 3.05) is 5.75 Å². The third kappa shape index (κ3) is 5.72. The first-order valence-corrected chi connectivity index (χ1v) is 9.51. The number of carbonyl (C=O) groups is 1. The molecule has 0 saturated heterocycles. The highest BCUT2D eigenvalue weighted by Gasteiger charge is 2.29.